The average Bonchev–Trinajstić information content (AvgIpc) is 2.69. The predicted molar refractivity (Wildman–Crippen MR) is 112 cm³/mol. The van der Waals surface area contributed by atoms with E-state index >= 15 is 0 Å². The van der Waals surface area contributed by atoms with Crippen LogP contribution in [0.4, 0.5) is 0 Å². The van der Waals surface area contributed by atoms with Crippen molar-refractivity contribution < 1.29 is 22.6 Å². The molecule has 0 aromatic heterocycles. The molecule has 0 N–H and O–H groups in total. The van der Waals surface area contributed by atoms with Gasteiger partial charge in [-0.2, -0.15) is 4.31 Å². The number of methoxy groups -OCH3 is 2. The Morgan fingerprint density at radius 1 is 1.04 bits per heavy atom. The van der Waals surface area contributed by atoms with Crippen LogP contribution in [0.3, 0.4) is 0 Å². The smallest absolute Gasteiger partial charge is 0.243 e. The molecule has 0 spiro atoms. The minimum absolute atomic E-state index is 0.235. The van der Waals surface area contributed by atoms with E-state index in [0.717, 1.165) is 21.8 Å². The van der Waals surface area contributed by atoms with E-state index in [2.05, 4.69) is 0 Å². The predicted octanol–water partition coefficient (Wildman–Crippen LogP) is 3.57. The second kappa shape index (κ2) is 10.2. The van der Waals surface area contributed by atoms with Crippen molar-refractivity contribution in [2.75, 3.05) is 40.7 Å². The lowest BCUT2D eigenvalue weighted by Gasteiger charge is -2.19. The number of hydrogen-bond acceptors (Lipinski definition) is 6. The van der Waals surface area contributed by atoms with E-state index < -0.39 is 10.0 Å². The number of sulfonamides is 1. The van der Waals surface area contributed by atoms with Crippen LogP contribution in [0.25, 0.3) is 0 Å². The molecule has 0 saturated heterocycles. The molecule has 0 fully saturated rings. The molecule has 0 bridgehead atoms. The normalized spacial score (nSPS) is 11.6. The molecule has 6 nitrogen and oxygen atoms in total. The number of hydrogen-bond donors (Lipinski definition) is 0. The lowest BCUT2D eigenvalue weighted by atomic mass is 10.2. The highest BCUT2D eigenvalue weighted by Gasteiger charge is 2.22. The van der Waals surface area contributed by atoms with Gasteiger partial charge in [0.25, 0.3) is 0 Å². The molecule has 0 atom stereocenters. The Bertz CT molecular complexity index is 899. The topological polar surface area (TPSA) is 65.1 Å². The number of thioether (sulfide) groups is 1. The van der Waals surface area contributed by atoms with Crippen LogP contribution in [0.1, 0.15) is 11.1 Å². The van der Waals surface area contributed by atoms with E-state index in [9.17, 15) is 8.42 Å². The Balaban J connectivity index is 2.18. The molecule has 2 aromatic carbocycles. The van der Waals surface area contributed by atoms with E-state index in [4.69, 9.17) is 14.2 Å². The first-order valence-corrected chi connectivity index (χ1v) is 11.4. The van der Waals surface area contributed by atoms with Gasteiger partial charge in [0.05, 0.1) is 18.6 Å². The molecule has 28 heavy (non-hydrogen) atoms. The zero-order chi connectivity index (χ0) is 20.7. The minimum atomic E-state index is -3.63. The Morgan fingerprint density at radius 2 is 1.79 bits per heavy atom. The lowest BCUT2D eigenvalue weighted by Crippen LogP contribution is -2.26. The summed E-state index contributed by atoms with van der Waals surface area (Å²) in [6.45, 7) is 2.96. The van der Waals surface area contributed by atoms with E-state index in [0.29, 0.717) is 19.0 Å². The molecule has 0 saturated carbocycles. The van der Waals surface area contributed by atoms with Crippen molar-refractivity contribution in [3.8, 4) is 11.5 Å². The summed E-state index contributed by atoms with van der Waals surface area (Å²) in [5.41, 5.74) is 1.62. The Morgan fingerprint density at radius 3 is 2.39 bits per heavy atom. The van der Waals surface area contributed by atoms with Crippen molar-refractivity contribution in [2.45, 2.75) is 23.3 Å². The van der Waals surface area contributed by atoms with Crippen LogP contribution in [-0.2, 0) is 21.3 Å². The van der Waals surface area contributed by atoms with Gasteiger partial charge < -0.3 is 14.2 Å². The van der Waals surface area contributed by atoms with Gasteiger partial charge in [-0.3, -0.25) is 0 Å². The number of aryl methyl sites for hydroxylation is 1. The van der Waals surface area contributed by atoms with E-state index in [1.807, 2.05) is 31.4 Å². The van der Waals surface area contributed by atoms with Crippen LogP contribution >= 0.6 is 11.8 Å². The van der Waals surface area contributed by atoms with Gasteiger partial charge >= 0.3 is 0 Å². The average molecular weight is 426 g/mol. The quantitative estimate of drug-likeness (QED) is 0.428. The molecule has 2 aromatic rings. The fourth-order valence-corrected chi connectivity index (χ4v) is 4.47. The molecule has 0 heterocycles. The van der Waals surface area contributed by atoms with E-state index in [1.54, 1.807) is 51.2 Å². The van der Waals surface area contributed by atoms with Crippen molar-refractivity contribution in [2.24, 2.45) is 0 Å². The van der Waals surface area contributed by atoms with Gasteiger partial charge in [-0.05, 0) is 54.6 Å². The van der Waals surface area contributed by atoms with E-state index in [-0.39, 0.29) is 11.4 Å². The second-order valence-electron chi connectivity index (χ2n) is 6.22. The monoisotopic (exact) mass is 425 g/mol. The summed E-state index contributed by atoms with van der Waals surface area (Å²) < 4.78 is 43.2. The summed E-state index contributed by atoms with van der Waals surface area (Å²) in [5, 5.41) is 0. The van der Waals surface area contributed by atoms with E-state index in [1.165, 1.54) is 4.31 Å². The molecule has 0 aliphatic heterocycles. The Kier molecular flexibility index (Phi) is 8.18. The van der Waals surface area contributed by atoms with Crippen LogP contribution in [0.15, 0.2) is 46.2 Å². The van der Waals surface area contributed by atoms with Gasteiger partial charge in [-0.25, -0.2) is 8.42 Å². The van der Waals surface area contributed by atoms with Gasteiger partial charge in [-0.15, -0.1) is 11.8 Å². The van der Waals surface area contributed by atoms with Gasteiger partial charge in [0.2, 0.25) is 10.0 Å². The second-order valence-corrected chi connectivity index (χ2v) is 9.11. The molecule has 2 rings (SSSR count). The number of nitrogens with zero attached hydrogens (tertiary/aromatic N) is 1. The summed E-state index contributed by atoms with van der Waals surface area (Å²) >= 11 is 1.58. The summed E-state index contributed by atoms with van der Waals surface area (Å²) in [4.78, 5) is 1.25. The summed E-state index contributed by atoms with van der Waals surface area (Å²) in [7, 11) is 1.15. The fourth-order valence-electron chi connectivity index (χ4n) is 2.68. The van der Waals surface area contributed by atoms with Gasteiger partial charge in [0.15, 0.2) is 0 Å². The standard InChI is InChI=1S/C20H27NO5S2/c1-15-12-17(7-8-18(15)26-11-10-24-3)28(22,23)21(2)14-16-6-9-20(27-5)19(13-16)25-4/h6-9,12-13H,10-11,14H2,1-5H3. The molecule has 0 radical (unpaired) electrons. The highest BCUT2D eigenvalue weighted by atomic mass is 32.2. The van der Waals surface area contributed by atoms with Gasteiger partial charge in [0.1, 0.15) is 18.1 Å². The maximum Gasteiger partial charge on any atom is 0.243 e. The molecule has 154 valence electrons. The summed E-state index contributed by atoms with van der Waals surface area (Å²) in [6.07, 6.45) is 1.97. The number of rotatable bonds is 10. The molecule has 8 heteroatoms. The van der Waals surface area contributed by atoms with Crippen molar-refractivity contribution in [3.05, 3.63) is 47.5 Å². The molecule has 0 aliphatic carbocycles. The largest absolute Gasteiger partial charge is 0.496 e. The molecular weight excluding hydrogens is 398 g/mol. The van der Waals surface area contributed by atoms with Crippen LogP contribution < -0.4 is 9.47 Å². The number of benzene rings is 2. The maximum atomic E-state index is 13.0. The molecule has 0 aliphatic rings. The Hall–Kier alpha value is -1.74. The highest BCUT2D eigenvalue weighted by Crippen LogP contribution is 2.29. The van der Waals surface area contributed by atoms with Crippen LogP contribution in [0.5, 0.6) is 11.5 Å². The SMILES string of the molecule is COCCOc1ccc(S(=O)(=O)N(C)Cc2ccc(SC)c(OC)c2)cc1C. The van der Waals surface area contributed by atoms with Crippen molar-refractivity contribution in [3.63, 3.8) is 0 Å². The first-order valence-electron chi connectivity index (χ1n) is 8.73. The van der Waals surface area contributed by atoms with Gasteiger partial charge in [-0.1, -0.05) is 6.07 Å². The fraction of sp³-hybridized carbons (Fsp3) is 0.400. The summed E-state index contributed by atoms with van der Waals surface area (Å²) in [5.74, 6) is 1.39. The van der Waals surface area contributed by atoms with Crippen LogP contribution in [0.2, 0.25) is 0 Å². The third-order valence-corrected chi connectivity index (χ3v) is 6.83. The van der Waals surface area contributed by atoms with Crippen molar-refractivity contribution in [1.29, 1.82) is 0 Å². The third-order valence-electron chi connectivity index (χ3n) is 4.25. The third kappa shape index (κ3) is 5.41. The maximum absolute atomic E-state index is 13.0. The zero-order valence-corrected chi connectivity index (χ0v) is 18.5. The van der Waals surface area contributed by atoms with Gasteiger partial charge in [0, 0.05) is 25.6 Å². The first-order chi connectivity index (χ1) is 13.3. The summed E-state index contributed by atoms with van der Waals surface area (Å²) in [6, 6.07) is 10.6. The Labute approximate surface area is 171 Å². The zero-order valence-electron chi connectivity index (χ0n) is 16.9. The number of ether oxygens (including phenoxy) is 3. The lowest BCUT2D eigenvalue weighted by molar-refractivity contribution is 0.146. The van der Waals surface area contributed by atoms with Crippen molar-refractivity contribution in [1.82, 2.24) is 4.31 Å². The molecule has 0 unspecified atom stereocenters. The molecular formula is C20H27NO5S2. The molecule has 0 amide bonds. The first kappa shape index (κ1) is 22.5. The minimum Gasteiger partial charge on any atom is -0.496 e. The van der Waals surface area contributed by atoms with Crippen LogP contribution in [-0.4, -0.2) is 53.5 Å². The van der Waals surface area contributed by atoms with Crippen molar-refractivity contribution >= 4 is 21.8 Å². The van der Waals surface area contributed by atoms with Crippen LogP contribution in [0, 0.1) is 6.92 Å². The highest BCUT2D eigenvalue weighted by molar-refractivity contribution is 7.98.